The van der Waals surface area contributed by atoms with Crippen LogP contribution < -0.4 is 5.73 Å². The molecular formula is C14H17NO2. The van der Waals surface area contributed by atoms with Crippen molar-refractivity contribution in [3.05, 3.63) is 28.8 Å². The third-order valence-electron chi connectivity index (χ3n) is 2.29. The van der Waals surface area contributed by atoms with E-state index in [1.165, 1.54) is 0 Å². The molecule has 17 heavy (non-hydrogen) atoms. The van der Waals surface area contributed by atoms with Crippen molar-refractivity contribution in [1.29, 1.82) is 0 Å². The molecule has 1 aromatic carbocycles. The SMILES string of the molecule is CCOC(=O)CC#Cc1cc(C)cc(C)c1N. The van der Waals surface area contributed by atoms with Crippen molar-refractivity contribution in [3.8, 4) is 11.8 Å². The molecule has 0 radical (unpaired) electrons. The van der Waals surface area contributed by atoms with Gasteiger partial charge in [0.15, 0.2) is 0 Å². The largest absolute Gasteiger partial charge is 0.465 e. The molecule has 0 aromatic heterocycles. The van der Waals surface area contributed by atoms with Crippen molar-refractivity contribution in [2.75, 3.05) is 12.3 Å². The van der Waals surface area contributed by atoms with Gasteiger partial charge in [-0.05, 0) is 38.0 Å². The Balaban J connectivity index is 2.82. The van der Waals surface area contributed by atoms with Gasteiger partial charge in [0.25, 0.3) is 0 Å². The molecule has 0 aliphatic heterocycles. The van der Waals surface area contributed by atoms with E-state index in [0.717, 1.165) is 16.7 Å². The van der Waals surface area contributed by atoms with Gasteiger partial charge < -0.3 is 10.5 Å². The van der Waals surface area contributed by atoms with Crippen molar-refractivity contribution in [3.63, 3.8) is 0 Å². The van der Waals surface area contributed by atoms with E-state index in [1.54, 1.807) is 6.92 Å². The van der Waals surface area contributed by atoms with E-state index in [4.69, 9.17) is 10.5 Å². The van der Waals surface area contributed by atoms with Crippen molar-refractivity contribution in [1.82, 2.24) is 0 Å². The zero-order valence-corrected chi connectivity index (χ0v) is 10.5. The fraction of sp³-hybridized carbons (Fsp3) is 0.357. The zero-order chi connectivity index (χ0) is 12.8. The molecule has 1 rings (SSSR count). The van der Waals surface area contributed by atoms with Crippen molar-refractivity contribution >= 4 is 11.7 Å². The summed E-state index contributed by atoms with van der Waals surface area (Å²) >= 11 is 0. The number of anilines is 1. The van der Waals surface area contributed by atoms with Crippen molar-refractivity contribution < 1.29 is 9.53 Å². The Hall–Kier alpha value is -1.95. The first-order valence-electron chi connectivity index (χ1n) is 5.55. The van der Waals surface area contributed by atoms with Gasteiger partial charge in [-0.15, -0.1) is 0 Å². The number of nitrogen functional groups attached to an aromatic ring is 1. The first kappa shape index (κ1) is 13.1. The molecule has 0 bridgehead atoms. The van der Waals surface area contributed by atoms with Gasteiger partial charge in [0.05, 0.1) is 12.3 Å². The Bertz CT molecular complexity index is 481. The third-order valence-corrected chi connectivity index (χ3v) is 2.29. The first-order chi connectivity index (χ1) is 8.04. The molecule has 2 N–H and O–H groups in total. The molecule has 3 nitrogen and oxygen atoms in total. The van der Waals surface area contributed by atoms with E-state index in [9.17, 15) is 4.79 Å². The van der Waals surface area contributed by atoms with E-state index in [-0.39, 0.29) is 12.4 Å². The lowest BCUT2D eigenvalue weighted by atomic mass is 10.0. The van der Waals surface area contributed by atoms with E-state index in [2.05, 4.69) is 11.8 Å². The summed E-state index contributed by atoms with van der Waals surface area (Å²) in [5.41, 5.74) is 9.47. The second-order valence-electron chi connectivity index (χ2n) is 3.83. The second-order valence-corrected chi connectivity index (χ2v) is 3.83. The Morgan fingerprint density at radius 3 is 2.76 bits per heavy atom. The van der Waals surface area contributed by atoms with Crippen LogP contribution in [0.2, 0.25) is 0 Å². The summed E-state index contributed by atoms with van der Waals surface area (Å²) in [5.74, 6) is 5.38. The van der Waals surface area contributed by atoms with Crippen LogP contribution in [0.1, 0.15) is 30.0 Å². The summed E-state index contributed by atoms with van der Waals surface area (Å²) in [6.45, 7) is 6.08. The maximum atomic E-state index is 11.1. The topological polar surface area (TPSA) is 52.3 Å². The number of rotatable bonds is 2. The van der Waals surface area contributed by atoms with Gasteiger partial charge in [-0.1, -0.05) is 17.9 Å². The molecular weight excluding hydrogens is 214 g/mol. The number of aryl methyl sites for hydroxylation is 2. The van der Waals surface area contributed by atoms with E-state index < -0.39 is 0 Å². The highest BCUT2D eigenvalue weighted by molar-refractivity contribution is 5.73. The zero-order valence-electron chi connectivity index (χ0n) is 10.5. The lowest BCUT2D eigenvalue weighted by Crippen LogP contribution is -2.01. The fourth-order valence-corrected chi connectivity index (χ4v) is 1.51. The van der Waals surface area contributed by atoms with Crippen LogP contribution >= 0.6 is 0 Å². The summed E-state index contributed by atoms with van der Waals surface area (Å²) in [5, 5.41) is 0. The van der Waals surface area contributed by atoms with Crippen LogP contribution in [0, 0.1) is 25.7 Å². The Morgan fingerprint density at radius 1 is 1.41 bits per heavy atom. The molecule has 0 atom stereocenters. The van der Waals surface area contributed by atoms with E-state index in [1.807, 2.05) is 26.0 Å². The van der Waals surface area contributed by atoms with E-state index >= 15 is 0 Å². The van der Waals surface area contributed by atoms with Crippen LogP contribution in [0.3, 0.4) is 0 Å². The van der Waals surface area contributed by atoms with Gasteiger partial charge in [0, 0.05) is 5.56 Å². The number of carbonyl (C=O) groups is 1. The predicted molar refractivity (Wildman–Crippen MR) is 68.5 cm³/mol. The molecule has 0 fully saturated rings. The van der Waals surface area contributed by atoms with Crippen molar-refractivity contribution in [2.24, 2.45) is 0 Å². The molecule has 0 spiro atoms. The summed E-state index contributed by atoms with van der Waals surface area (Å²) < 4.78 is 4.78. The van der Waals surface area contributed by atoms with Crippen LogP contribution in [-0.2, 0) is 9.53 Å². The van der Waals surface area contributed by atoms with Crippen LogP contribution in [0.15, 0.2) is 12.1 Å². The van der Waals surface area contributed by atoms with Gasteiger partial charge in [-0.3, -0.25) is 4.79 Å². The smallest absolute Gasteiger partial charge is 0.317 e. The maximum absolute atomic E-state index is 11.1. The molecule has 1 aromatic rings. The van der Waals surface area contributed by atoms with Gasteiger partial charge in [0.2, 0.25) is 0 Å². The number of carbonyl (C=O) groups excluding carboxylic acids is 1. The first-order valence-corrected chi connectivity index (χ1v) is 5.55. The minimum absolute atomic E-state index is 0.0975. The molecule has 0 aliphatic rings. The monoisotopic (exact) mass is 231 g/mol. The summed E-state index contributed by atoms with van der Waals surface area (Å²) in [6.07, 6.45) is 0.0975. The standard InChI is InChI=1S/C14H17NO2/c1-4-17-13(16)7-5-6-12-9-10(2)8-11(3)14(12)15/h8-9H,4,7,15H2,1-3H3. The Kier molecular flexibility index (Phi) is 4.59. The number of benzene rings is 1. The number of hydrogen-bond acceptors (Lipinski definition) is 3. The number of hydrogen-bond donors (Lipinski definition) is 1. The minimum Gasteiger partial charge on any atom is -0.465 e. The van der Waals surface area contributed by atoms with Gasteiger partial charge in [-0.2, -0.15) is 0 Å². The van der Waals surface area contributed by atoms with Gasteiger partial charge >= 0.3 is 5.97 Å². The Labute approximate surface area is 102 Å². The van der Waals surface area contributed by atoms with Crippen LogP contribution in [-0.4, -0.2) is 12.6 Å². The lowest BCUT2D eigenvalue weighted by molar-refractivity contribution is -0.141. The highest BCUT2D eigenvalue weighted by Crippen LogP contribution is 2.18. The molecule has 0 unspecified atom stereocenters. The number of ether oxygens (including phenoxy) is 1. The average Bonchev–Trinajstić information content (AvgIpc) is 2.25. The van der Waals surface area contributed by atoms with Crippen LogP contribution in [0.25, 0.3) is 0 Å². The van der Waals surface area contributed by atoms with Gasteiger partial charge in [-0.25, -0.2) is 0 Å². The molecule has 3 heteroatoms. The second kappa shape index (κ2) is 5.95. The highest BCUT2D eigenvalue weighted by Gasteiger charge is 2.01. The quantitative estimate of drug-likeness (QED) is 0.482. The summed E-state index contributed by atoms with van der Waals surface area (Å²) in [4.78, 5) is 11.1. The lowest BCUT2D eigenvalue weighted by Gasteiger charge is -2.04. The normalized spacial score (nSPS) is 9.35. The minimum atomic E-state index is -0.303. The summed E-state index contributed by atoms with van der Waals surface area (Å²) in [7, 11) is 0. The highest BCUT2D eigenvalue weighted by atomic mass is 16.5. The number of esters is 1. The molecule has 0 saturated carbocycles. The maximum Gasteiger partial charge on any atom is 0.317 e. The average molecular weight is 231 g/mol. The van der Waals surface area contributed by atoms with Crippen LogP contribution in [0.5, 0.6) is 0 Å². The van der Waals surface area contributed by atoms with Crippen molar-refractivity contribution in [2.45, 2.75) is 27.2 Å². The fourth-order valence-electron chi connectivity index (χ4n) is 1.51. The molecule has 0 amide bonds. The molecule has 0 heterocycles. The van der Waals surface area contributed by atoms with Crippen LogP contribution in [0.4, 0.5) is 5.69 Å². The predicted octanol–water partition coefficient (Wildman–Crippen LogP) is 2.19. The molecule has 0 aliphatic carbocycles. The Morgan fingerprint density at radius 2 is 2.12 bits per heavy atom. The number of nitrogens with two attached hydrogens (primary N) is 1. The summed E-state index contributed by atoms with van der Waals surface area (Å²) in [6, 6.07) is 3.92. The van der Waals surface area contributed by atoms with Gasteiger partial charge in [0.1, 0.15) is 6.42 Å². The molecule has 0 saturated heterocycles. The van der Waals surface area contributed by atoms with E-state index in [0.29, 0.717) is 12.3 Å². The third kappa shape index (κ3) is 3.84. The molecule has 90 valence electrons.